The third kappa shape index (κ3) is 4.22. The molecule has 144 valence electrons. The van der Waals surface area contributed by atoms with Gasteiger partial charge in [-0.3, -0.25) is 19.3 Å². The van der Waals surface area contributed by atoms with Gasteiger partial charge in [-0.1, -0.05) is 32.1 Å². The van der Waals surface area contributed by atoms with Gasteiger partial charge in [0.25, 0.3) is 11.8 Å². The first-order chi connectivity index (χ1) is 12.8. The number of hydrogen-bond acceptors (Lipinski definition) is 5. The standard InChI is InChI=1S/C19H22N2O6/c1-4-9-27-10-14(19(25)26)20-16(22)15(11(2)3)21-17(23)12-7-5-6-8-13(12)18(21)24/h4-8,11,14-15H,1,9-10H2,2-3H3,(H,20,22)(H,25,26). The minimum Gasteiger partial charge on any atom is -0.480 e. The van der Waals surface area contributed by atoms with Crippen LogP contribution in [-0.4, -0.2) is 59.0 Å². The van der Waals surface area contributed by atoms with E-state index >= 15 is 0 Å². The second-order valence-corrected chi connectivity index (χ2v) is 6.44. The van der Waals surface area contributed by atoms with E-state index in [1.54, 1.807) is 26.0 Å². The van der Waals surface area contributed by atoms with Crippen LogP contribution in [0.5, 0.6) is 0 Å². The Balaban J connectivity index is 2.23. The van der Waals surface area contributed by atoms with E-state index in [0.29, 0.717) is 0 Å². The predicted molar refractivity (Wildman–Crippen MR) is 96.2 cm³/mol. The maximum Gasteiger partial charge on any atom is 0.328 e. The van der Waals surface area contributed by atoms with E-state index in [1.807, 2.05) is 0 Å². The van der Waals surface area contributed by atoms with E-state index in [4.69, 9.17) is 4.74 Å². The van der Waals surface area contributed by atoms with E-state index < -0.39 is 41.7 Å². The molecule has 0 saturated carbocycles. The largest absolute Gasteiger partial charge is 0.480 e. The van der Waals surface area contributed by atoms with Crippen molar-refractivity contribution in [1.29, 1.82) is 0 Å². The summed E-state index contributed by atoms with van der Waals surface area (Å²) in [5.41, 5.74) is 0.454. The molecule has 1 aliphatic rings. The number of carbonyl (C=O) groups is 4. The number of ether oxygens (including phenoxy) is 1. The van der Waals surface area contributed by atoms with Crippen LogP contribution in [0.2, 0.25) is 0 Å². The van der Waals surface area contributed by atoms with Crippen LogP contribution in [-0.2, 0) is 14.3 Å². The van der Waals surface area contributed by atoms with Gasteiger partial charge < -0.3 is 15.2 Å². The van der Waals surface area contributed by atoms with Gasteiger partial charge in [-0.15, -0.1) is 6.58 Å². The number of rotatable bonds is 9. The fourth-order valence-corrected chi connectivity index (χ4v) is 2.88. The minimum absolute atomic E-state index is 0.131. The highest BCUT2D eigenvalue weighted by Crippen LogP contribution is 2.27. The van der Waals surface area contributed by atoms with Crippen LogP contribution in [0.25, 0.3) is 0 Å². The summed E-state index contributed by atoms with van der Waals surface area (Å²) in [5, 5.41) is 11.6. The third-order valence-corrected chi connectivity index (χ3v) is 4.14. The van der Waals surface area contributed by atoms with Crippen LogP contribution >= 0.6 is 0 Å². The van der Waals surface area contributed by atoms with Gasteiger partial charge in [0.05, 0.1) is 24.3 Å². The fraction of sp³-hybridized carbons (Fsp3) is 0.368. The summed E-state index contributed by atoms with van der Waals surface area (Å²) in [5.74, 6) is -3.57. The molecule has 27 heavy (non-hydrogen) atoms. The zero-order valence-corrected chi connectivity index (χ0v) is 15.2. The number of nitrogens with zero attached hydrogens (tertiary/aromatic N) is 1. The molecule has 1 heterocycles. The van der Waals surface area contributed by atoms with Crippen molar-refractivity contribution in [2.24, 2.45) is 5.92 Å². The number of carbonyl (C=O) groups excluding carboxylic acids is 3. The molecule has 1 aliphatic heterocycles. The number of carboxylic acid groups (broad SMARTS) is 1. The summed E-state index contributed by atoms with van der Waals surface area (Å²) >= 11 is 0. The summed E-state index contributed by atoms with van der Waals surface area (Å²) in [7, 11) is 0. The SMILES string of the molecule is C=CCOCC(NC(=O)C(C(C)C)N1C(=O)c2ccccc2C1=O)C(=O)O. The molecule has 2 unspecified atom stereocenters. The lowest BCUT2D eigenvalue weighted by Gasteiger charge is -2.29. The lowest BCUT2D eigenvalue weighted by molar-refractivity contribution is -0.144. The van der Waals surface area contributed by atoms with Crippen molar-refractivity contribution in [3.63, 3.8) is 0 Å². The Morgan fingerprint density at radius 3 is 2.22 bits per heavy atom. The molecular weight excluding hydrogens is 352 g/mol. The molecule has 0 saturated heterocycles. The van der Waals surface area contributed by atoms with Gasteiger partial charge in [0.1, 0.15) is 6.04 Å². The Morgan fingerprint density at radius 2 is 1.78 bits per heavy atom. The van der Waals surface area contributed by atoms with Crippen molar-refractivity contribution >= 4 is 23.7 Å². The Morgan fingerprint density at radius 1 is 1.22 bits per heavy atom. The van der Waals surface area contributed by atoms with Gasteiger partial charge in [0.2, 0.25) is 5.91 Å². The number of benzene rings is 1. The lowest BCUT2D eigenvalue weighted by atomic mass is 10.0. The van der Waals surface area contributed by atoms with Crippen molar-refractivity contribution < 1.29 is 29.0 Å². The Hall–Kier alpha value is -3.00. The molecule has 0 bridgehead atoms. The monoisotopic (exact) mass is 374 g/mol. The van der Waals surface area contributed by atoms with Crippen molar-refractivity contribution in [2.45, 2.75) is 25.9 Å². The molecule has 1 aromatic carbocycles. The molecule has 2 rings (SSSR count). The normalized spacial score (nSPS) is 15.4. The second-order valence-electron chi connectivity index (χ2n) is 6.44. The average Bonchev–Trinajstić information content (AvgIpc) is 2.86. The maximum absolute atomic E-state index is 12.8. The average molecular weight is 374 g/mol. The zero-order chi connectivity index (χ0) is 20.1. The van der Waals surface area contributed by atoms with Crippen LogP contribution in [0.15, 0.2) is 36.9 Å². The molecule has 2 N–H and O–H groups in total. The molecular formula is C19H22N2O6. The van der Waals surface area contributed by atoms with Crippen LogP contribution in [0.3, 0.4) is 0 Å². The second kappa shape index (κ2) is 8.59. The predicted octanol–water partition coefficient (Wildman–Crippen LogP) is 1.08. The molecule has 0 spiro atoms. The van der Waals surface area contributed by atoms with Gasteiger partial charge >= 0.3 is 5.97 Å². The first-order valence-electron chi connectivity index (χ1n) is 8.48. The van der Waals surface area contributed by atoms with E-state index in [-0.39, 0.29) is 24.3 Å². The highest BCUT2D eigenvalue weighted by atomic mass is 16.5. The number of aliphatic carboxylic acids is 1. The van der Waals surface area contributed by atoms with Gasteiger partial charge in [-0.05, 0) is 18.1 Å². The fourth-order valence-electron chi connectivity index (χ4n) is 2.88. The number of imide groups is 1. The van der Waals surface area contributed by atoms with Crippen LogP contribution < -0.4 is 5.32 Å². The molecule has 1 aromatic rings. The minimum atomic E-state index is -1.31. The zero-order valence-electron chi connectivity index (χ0n) is 15.2. The number of carboxylic acids is 1. The van der Waals surface area contributed by atoms with Crippen molar-refractivity contribution in [3.05, 3.63) is 48.0 Å². The number of fused-ring (bicyclic) bond motifs is 1. The van der Waals surface area contributed by atoms with Crippen molar-refractivity contribution in [3.8, 4) is 0 Å². The number of hydrogen-bond donors (Lipinski definition) is 2. The summed E-state index contributed by atoms with van der Waals surface area (Å²) in [4.78, 5) is 50.4. The van der Waals surface area contributed by atoms with E-state index in [2.05, 4.69) is 11.9 Å². The Kier molecular flexibility index (Phi) is 6.46. The molecule has 8 nitrogen and oxygen atoms in total. The molecule has 3 amide bonds. The number of amides is 3. The number of nitrogens with one attached hydrogen (secondary N) is 1. The molecule has 0 radical (unpaired) electrons. The summed E-state index contributed by atoms with van der Waals surface area (Å²) < 4.78 is 5.10. The molecule has 0 aromatic heterocycles. The van der Waals surface area contributed by atoms with Crippen molar-refractivity contribution in [2.75, 3.05) is 13.2 Å². The van der Waals surface area contributed by atoms with Crippen molar-refractivity contribution in [1.82, 2.24) is 10.2 Å². The van der Waals surface area contributed by atoms with E-state index in [0.717, 1.165) is 4.90 Å². The van der Waals surface area contributed by atoms with Crippen LogP contribution in [0.1, 0.15) is 34.6 Å². The maximum atomic E-state index is 12.8. The Labute approximate surface area is 156 Å². The highest BCUT2D eigenvalue weighted by molar-refractivity contribution is 6.22. The summed E-state index contributed by atoms with van der Waals surface area (Å²) in [6, 6.07) is 3.86. The smallest absolute Gasteiger partial charge is 0.328 e. The van der Waals surface area contributed by atoms with Gasteiger partial charge in [0.15, 0.2) is 6.04 Å². The quantitative estimate of drug-likeness (QED) is 0.380. The summed E-state index contributed by atoms with van der Waals surface area (Å²) in [6.07, 6.45) is 1.45. The Bertz CT molecular complexity index is 738. The first kappa shape index (κ1) is 20.3. The molecule has 2 atom stereocenters. The van der Waals surface area contributed by atoms with Gasteiger partial charge in [-0.2, -0.15) is 0 Å². The van der Waals surface area contributed by atoms with Gasteiger partial charge in [-0.25, -0.2) is 4.79 Å². The summed E-state index contributed by atoms with van der Waals surface area (Å²) in [6.45, 7) is 6.69. The van der Waals surface area contributed by atoms with Gasteiger partial charge in [0, 0.05) is 0 Å². The van der Waals surface area contributed by atoms with Crippen LogP contribution in [0, 0.1) is 5.92 Å². The van der Waals surface area contributed by atoms with E-state index in [1.165, 1.54) is 18.2 Å². The topological polar surface area (TPSA) is 113 Å². The lowest BCUT2D eigenvalue weighted by Crippen LogP contribution is -2.56. The molecule has 8 heteroatoms. The molecule has 0 fully saturated rings. The van der Waals surface area contributed by atoms with Crippen LogP contribution in [0.4, 0.5) is 0 Å². The first-order valence-corrected chi connectivity index (χ1v) is 8.48. The van der Waals surface area contributed by atoms with E-state index in [9.17, 15) is 24.3 Å². The third-order valence-electron chi connectivity index (χ3n) is 4.14. The molecule has 0 aliphatic carbocycles. The highest BCUT2D eigenvalue weighted by Gasteiger charge is 2.44.